The summed E-state index contributed by atoms with van der Waals surface area (Å²) in [6.45, 7) is 11.2. The molecule has 2 unspecified atom stereocenters. The molecule has 0 saturated carbocycles. The lowest BCUT2D eigenvalue weighted by Gasteiger charge is -2.36. The number of hydrogen-bond acceptors (Lipinski definition) is 6. The summed E-state index contributed by atoms with van der Waals surface area (Å²) in [7, 11) is 0. The molecule has 2 amide bonds. The second-order valence-corrected chi connectivity index (χ2v) is 10.1. The lowest BCUT2D eigenvalue weighted by Crippen LogP contribution is -2.52. The Bertz CT molecular complexity index is 1490. The number of amides is 2. The van der Waals surface area contributed by atoms with Crippen LogP contribution in [0.1, 0.15) is 48.8 Å². The van der Waals surface area contributed by atoms with E-state index in [9.17, 15) is 4.79 Å². The van der Waals surface area contributed by atoms with E-state index in [1.165, 1.54) is 16.7 Å². The number of hydrogen-bond donors (Lipinski definition) is 1. The normalized spacial score (nSPS) is 20.2. The van der Waals surface area contributed by atoms with Crippen LogP contribution in [0.3, 0.4) is 0 Å². The minimum atomic E-state index is 0.0311. The number of anilines is 1. The number of carbonyl (C=O) groups excluding carboxylic acids is 1. The number of imidazole rings is 1. The zero-order valence-corrected chi connectivity index (χ0v) is 22.5. The molecule has 4 aromatic rings. The number of nitrogens with one attached hydrogen (secondary N) is 1. The summed E-state index contributed by atoms with van der Waals surface area (Å²) < 4.78 is 2.33. The standard InChI is InChI=1S/C27H28N8O.C2H6/c1-16-3-4-17(2)20(11-16)23-7-8-24-31-22-6-5-21(32-25(22)35(23)24)18-12-28-26(29-13-18)33-9-10-34-19(15-33)14-30-27(34)36;1-2/h3-6,11-13,19,23H,7-10,14-15H2,1-2H3,(H,30,36);1-2H3. The van der Waals surface area contributed by atoms with Crippen LogP contribution in [-0.2, 0) is 6.42 Å². The number of pyridine rings is 1. The van der Waals surface area contributed by atoms with E-state index >= 15 is 0 Å². The van der Waals surface area contributed by atoms with E-state index in [-0.39, 0.29) is 18.1 Å². The van der Waals surface area contributed by atoms with Crippen LogP contribution in [0.2, 0.25) is 0 Å². The molecule has 7 rings (SSSR count). The molecule has 3 aliphatic heterocycles. The van der Waals surface area contributed by atoms with Gasteiger partial charge in [0.25, 0.3) is 0 Å². The van der Waals surface area contributed by atoms with Crippen molar-refractivity contribution in [1.29, 1.82) is 0 Å². The Kier molecular flexibility index (Phi) is 6.21. The highest BCUT2D eigenvalue weighted by Crippen LogP contribution is 2.37. The van der Waals surface area contributed by atoms with Crippen LogP contribution in [0.4, 0.5) is 10.7 Å². The van der Waals surface area contributed by atoms with Gasteiger partial charge in [0.05, 0.1) is 17.8 Å². The lowest BCUT2D eigenvalue weighted by molar-refractivity contribution is 0.197. The van der Waals surface area contributed by atoms with E-state index in [1.807, 2.05) is 37.2 Å². The lowest BCUT2D eigenvalue weighted by atomic mass is 9.97. The summed E-state index contributed by atoms with van der Waals surface area (Å²) in [6.07, 6.45) is 5.70. The molecule has 2 fully saturated rings. The Morgan fingerprint density at radius 3 is 2.63 bits per heavy atom. The van der Waals surface area contributed by atoms with E-state index in [1.54, 1.807) is 0 Å². The summed E-state index contributed by atoms with van der Waals surface area (Å²) >= 11 is 0. The van der Waals surface area contributed by atoms with Crippen molar-refractivity contribution in [3.8, 4) is 11.3 Å². The SMILES string of the molecule is CC.Cc1ccc(C)c(C2CCc3nc4ccc(-c5cnc(N6CCN7C(=O)NCC7C6)nc5)nc4n32)c1. The third-order valence-corrected chi connectivity index (χ3v) is 7.81. The molecule has 9 heteroatoms. The number of nitrogens with zero attached hydrogens (tertiary/aromatic N) is 7. The Labute approximate surface area is 222 Å². The Balaban J connectivity index is 0.00000129. The first kappa shape index (κ1) is 24.3. The van der Waals surface area contributed by atoms with Crippen LogP contribution in [0, 0.1) is 13.8 Å². The smallest absolute Gasteiger partial charge is 0.317 e. The first-order valence-electron chi connectivity index (χ1n) is 13.6. The molecular weight excluding hydrogens is 476 g/mol. The molecule has 196 valence electrons. The highest BCUT2D eigenvalue weighted by molar-refractivity contribution is 5.78. The van der Waals surface area contributed by atoms with E-state index in [0.29, 0.717) is 19.0 Å². The van der Waals surface area contributed by atoms with Gasteiger partial charge >= 0.3 is 6.03 Å². The number of piperazine rings is 1. The molecule has 0 bridgehead atoms. The number of aromatic nitrogens is 5. The first-order chi connectivity index (χ1) is 18.5. The number of fused-ring (bicyclic) bond motifs is 4. The fraction of sp³-hybridized carbons (Fsp3) is 0.414. The molecule has 6 heterocycles. The van der Waals surface area contributed by atoms with Gasteiger partial charge in [-0.3, -0.25) is 0 Å². The van der Waals surface area contributed by atoms with Gasteiger partial charge in [-0.15, -0.1) is 0 Å². The summed E-state index contributed by atoms with van der Waals surface area (Å²) in [4.78, 5) is 35.2. The van der Waals surface area contributed by atoms with Crippen LogP contribution in [0.25, 0.3) is 22.4 Å². The molecule has 9 nitrogen and oxygen atoms in total. The Hall–Kier alpha value is -4.01. The van der Waals surface area contributed by atoms with E-state index in [2.05, 4.69) is 62.9 Å². The number of urea groups is 1. The van der Waals surface area contributed by atoms with Crippen LogP contribution in [-0.4, -0.2) is 67.7 Å². The molecule has 2 atom stereocenters. The summed E-state index contributed by atoms with van der Waals surface area (Å²) in [6, 6.07) is 11.2. The molecule has 1 aromatic carbocycles. The fourth-order valence-electron chi connectivity index (χ4n) is 5.90. The van der Waals surface area contributed by atoms with Crippen molar-refractivity contribution in [3.63, 3.8) is 0 Å². The number of rotatable bonds is 3. The Morgan fingerprint density at radius 1 is 1.00 bits per heavy atom. The number of aryl methyl sites for hydroxylation is 3. The quantitative estimate of drug-likeness (QED) is 0.442. The molecule has 38 heavy (non-hydrogen) atoms. The molecule has 0 radical (unpaired) electrons. The zero-order chi connectivity index (χ0) is 26.4. The minimum absolute atomic E-state index is 0.0311. The van der Waals surface area contributed by atoms with E-state index in [0.717, 1.165) is 54.2 Å². The maximum Gasteiger partial charge on any atom is 0.317 e. The van der Waals surface area contributed by atoms with Gasteiger partial charge in [0.15, 0.2) is 5.65 Å². The highest BCUT2D eigenvalue weighted by atomic mass is 16.2. The third kappa shape index (κ3) is 4.06. The fourth-order valence-corrected chi connectivity index (χ4v) is 5.90. The maximum absolute atomic E-state index is 11.9. The van der Waals surface area contributed by atoms with Crippen molar-refractivity contribution < 1.29 is 4.79 Å². The van der Waals surface area contributed by atoms with Gasteiger partial charge in [0.2, 0.25) is 5.95 Å². The summed E-state index contributed by atoms with van der Waals surface area (Å²) in [5.74, 6) is 1.80. The summed E-state index contributed by atoms with van der Waals surface area (Å²) in [5.41, 5.74) is 7.51. The van der Waals surface area contributed by atoms with Gasteiger partial charge in [-0.05, 0) is 43.5 Å². The second-order valence-electron chi connectivity index (χ2n) is 10.1. The van der Waals surface area contributed by atoms with Crippen LogP contribution in [0.5, 0.6) is 0 Å². The van der Waals surface area contributed by atoms with Crippen LogP contribution >= 0.6 is 0 Å². The molecule has 2 saturated heterocycles. The van der Waals surface area contributed by atoms with Crippen molar-refractivity contribution in [2.45, 2.75) is 52.6 Å². The van der Waals surface area contributed by atoms with E-state index in [4.69, 9.17) is 9.97 Å². The van der Waals surface area contributed by atoms with Gasteiger partial charge in [-0.2, -0.15) is 0 Å². The van der Waals surface area contributed by atoms with Crippen molar-refractivity contribution in [1.82, 2.24) is 34.7 Å². The maximum atomic E-state index is 11.9. The van der Waals surface area contributed by atoms with Gasteiger partial charge < -0.3 is 19.7 Å². The molecular formula is C29H34N8O. The molecule has 3 aliphatic rings. The largest absolute Gasteiger partial charge is 0.337 e. The van der Waals surface area contributed by atoms with E-state index < -0.39 is 0 Å². The topological polar surface area (TPSA) is 92.1 Å². The third-order valence-electron chi connectivity index (χ3n) is 7.81. The highest BCUT2D eigenvalue weighted by Gasteiger charge is 2.36. The predicted octanol–water partition coefficient (Wildman–Crippen LogP) is 4.28. The van der Waals surface area contributed by atoms with Gasteiger partial charge in [-0.1, -0.05) is 37.6 Å². The molecule has 0 aliphatic carbocycles. The van der Waals surface area contributed by atoms with Crippen LogP contribution in [0.15, 0.2) is 42.7 Å². The number of benzene rings is 1. The predicted molar refractivity (Wildman–Crippen MR) is 148 cm³/mol. The molecule has 0 spiro atoms. The molecule has 1 N–H and O–H groups in total. The van der Waals surface area contributed by atoms with Crippen molar-refractivity contribution in [2.24, 2.45) is 0 Å². The average Bonchev–Trinajstić information content (AvgIpc) is 3.64. The van der Waals surface area contributed by atoms with Crippen LogP contribution < -0.4 is 10.2 Å². The van der Waals surface area contributed by atoms with Crippen molar-refractivity contribution >= 4 is 23.1 Å². The monoisotopic (exact) mass is 510 g/mol. The zero-order valence-electron chi connectivity index (χ0n) is 22.5. The summed E-state index contributed by atoms with van der Waals surface area (Å²) in [5, 5.41) is 2.92. The van der Waals surface area contributed by atoms with Crippen molar-refractivity contribution in [2.75, 3.05) is 31.1 Å². The second kappa shape index (κ2) is 9.70. The van der Waals surface area contributed by atoms with Gasteiger partial charge in [-0.25, -0.2) is 24.7 Å². The average molecular weight is 511 g/mol. The van der Waals surface area contributed by atoms with Crippen molar-refractivity contribution in [3.05, 3.63) is 65.2 Å². The minimum Gasteiger partial charge on any atom is -0.337 e. The molecule has 3 aromatic heterocycles. The Morgan fingerprint density at radius 2 is 1.82 bits per heavy atom. The first-order valence-corrected chi connectivity index (χ1v) is 13.6. The van der Waals surface area contributed by atoms with Gasteiger partial charge in [0, 0.05) is 50.6 Å². The number of carbonyl (C=O) groups is 1. The van der Waals surface area contributed by atoms with Gasteiger partial charge in [0.1, 0.15) is 11.3 Å².